The summed E-state index contributed by atoms with van der Waals surface area (Å²) in [7, 11) is 5.39. The van der Waals surface area contributed by atoms with Crippen LogP contribution >= 0.6 is 0 Å². The van der Waals surface area contributed by atoms with Crippen molar-refractivity contribution in [2.24, 2.45) is 5.84 Å². The van der Waals surface area contributed by atoms with Gasteiger partial charge in [-0.1, -0.05) is 0 Å². The molecule has 1 heterocycles. The van der Waals surface area contributed by atoms with Crippen LogP contribution in [0.15, 0.2) is 0 Å². The molecule has 0 bridgehead atoms. The normalized spacial score (nSPS) is 12.1. The summed E-state index contributed by atoms with van der Waals surface area (Å²) in [5, 5.41) is 3.18. The van der Waals surface area contributed by atoms with Crippen molar-refractivity contribution in [3.8, 4) is 0 Å². The van der Waals surface area contributed by atoms with Gasteiger partial charge in [0.05, 0.1) is 0 Å². The number of anilines is 3. The van der Waals surface area contributed by atoms with E-state index in [9.17, 15) is 0 Å². The van der Waals surface area contributed by atoms with E-state index in [1.165, 1.54) is 0 Å². The zero-order valence-electron chi connectivity index (χ0n) is 11.3. The maximum atomic E-state index is 5.33. The Kier molecular flexibility index (Phi) is 5.53. The molecule has 0 aromatic carbocycles. The highest BCUT2D eigenvalue weighted by atomic mass is 16.5. The van der Waals surface area contributed by atoms with Gasteiger partial charge in [-0.25, -0.2) is 5.84 Å². The van der Waals surface area contributed by atoms with Crippen LogP contribution in [0.2, 0.25) is 0 Å². The third-order valence-corrected chi connectivity index (χ3v) is 2.28. The van der Waals surface area contributed by atoms with E-state index in [2.05, 4.69) is 25.7 Å². The van der Waals surface area contributed by atoms with E-state index < -0.39 is 0 Å². The van der Waals surface area contributed by atoms with Gasteiger partial charge in [0.25, 0.3) is 0 Å². The van der Waals surface area contributed by atoms with E-state index in [1.807, 2.05) is 21.0 Å². The highest BCUT2D eigenvalue weighted by Crippen LogP contribution is 2.12. The number of methoxy groups -OCH3 is 1. The fraction of sp³-hybridized carbons (Fsp3) is 0.700. The molecule has 0 fully saturated rings. The van der Waals surface area contributed by atoms with Crippen molar-refractivity contribution < 1.29 is 4.74 Å². The minimum atomic E-state index is 0.202. The number of nitrogens with two attached hydrogens (primary N) is 1. The smallest absolute Gasteiger partial charge is 0.243 e. The number of rotatable bonds is 7. The third-order valence-electron chi connectivity index (χ3n) is 2.28. The predicted molar refractivity (Wildman–Crippen MR) is 71.5 cm³/mol. The fourth-order valence-electron chi connectivity index (χ4n) is 1.28. The lowest BCUT2D eigenvalue weighted by atomic mass is 10.2. The summed E-state index contributed by atoms with van der Waals surface area (Å²) < 4.78 is 5.02. The molecule has 0 spiro atoms. The van der Waals surface area contributed by atoms with Gasteiger partial charge in [-0.2, -0.15) is 15.0 Å². The van der Waals surface area contributed by atoms with Gasteiger partial charge < -0.3 is 15.0 Å². The lowest BCUT2D eigenvalue weighted by Gasteiger charge is -2.16. The Labute approximate surface area is 107 Å². The molecule has 1 aromatic heterocycles. The number of hydrazine groups is 1. The van der Waals surface area contributed by atoms with E-state index >= 15 is 0 Å². The largest absolute Gasteiger partial charge is 0.385 e. The molecule has 0 radical (unpaired) electrons. The Balaban J connectivity index is 2.77. The Morgan fingerprint density at radius 3 is 2.50 bits per heavy atom. The molecule has 8 heteroatoms. The first kappa shape index (κ1) is 14.4. The summed E-state index contributed by atoms with van der Waals surface area (Å²) in [5.74, 6) is 6.69. The molecule has 0 saturated carbocycles. The molecular weight excluding hydrogens is 234 g/mol. The summed E-state index contributed by atoms with van der Waals surface area (Å²) >= 11 is 0. The number of nitrogens with zero attached hydrogens (tertiary/aromatic N) is 4. The second-order valence-corrected chi connectivity index (χ2v) is 4.15. The number of ether oxygens (including phenoxy) is 1. The molecule has 1 rings (SSSR count). The average Bonchev–Trinajstić information content (AvgIpc) is 2.35. The summed E-state index contributed by atoms with van der Waals surface area (Å²) in [4.78, 5) is 14.3. The van der Waals surface area contributed by atoms with Crippen molar-refractivity contribution in [3.05, 3.63) is 0 Å². The summed E-state index contributed by atoms with van der Waals surface area (Å²) in [5.41, 5.74) is 2.43. The average molecular weight is 255 g/mol. The highest BCUT2D eigenvalue weighted by molar-refractivity contribution is 5.42. The first-order valence-corrected chi connectivity index (χ1v) is 5.72. The molecule has 0 saturated heterocycles. The molecular formula is C10H21N7O. The lowest BCUT2D eigenvalue weighted by molar-refractivity contribution is 0.191. The Morgan fingerprint density at radius 1 is 1.28 bits per heavy atom. The zero-order valence-corrected chi connectivity index (χ0v) is 11.3. The van der Waals surface area contributed by atoms with Gasteiger partial charge in [0.2, 0.25) is 17.8 Å². The molecule has 18 heavy (non-hydrogen) atoms. The van der Waals surface area contributed by atoms with Gasteiger partial charge >= 0.3 is 0 Å². The lowest BCUT2D eigenvalue weighted by Crippen LogP contribution is -2.22. The SMILES string of the molecule is COCCC(C)Nc1nc(NN)nc(N(C)C)n1. The van der Waals surface area contributed by atoms with Gasteiger partial charge in [0, 0.05) is 33.9 Å². The van der Waals surface area contributed by atoms with Gasteiger partial charge in [0.15, 0.2) is 0 Å². The molecule has 102 valence electrons. The second-order valence-electron chi connectivity index (χ2n) is 4.15. The van der Waals surface area contributed by atoms with Crippen molar-refractivity contribution in [1.29, 1.82) is 0 Å². The van der Waals surface area contributed by atoms with Crippen LogP contribution in [0.3, 0.4) is 0 Å². The van der Waals surface area contributed by atoms with E-state index in [0.717, 1.165) is 6.42 Å². The van der Waals surface area contributed by atoms with Crippen LogP contribution in [0, 0.1) is 0 Å². The molecule has 1 atom stereocenters. The molecule has 1 aromatic rings. The first-order valence-electron chi connectivity index (χ1n) is 5.72. The van der Waals surface area contributed by atoms with Crippen molar-refractivity contribution in [3.63, 3.8) is 0 Å². The van der Waals surface area contributed by atoms with Crippen LogP contribution in [-0.2, 0) is 4.74 Å². The van der Waals surface area contributed by atoms with Crippen molar-refractivity contribution in [1.82, 2.24) is 15.0 Å². The topological polar surface area (TPSA) is 101 Å². The van der Waals surface area contributed by atoms with Gasteiger partial charge in [-0.15, -0.1) is 0 Å². The third kappa shape index (κ3) is 4.30. The molecule has 0 aliphatic rings. The minimum absolute atomic E-state index is 0.202. The Morgan fingerprint density at radius 2 is 1.94 bits per heavy atom. The van der Waals surface area contributed by atoms with Crippen LogP contribution in [0.5, 0.6) is 0 Å². The quantitative estimate of drug-likeness (QED) is 0.464. The number of hydrogen-bond donors (Lipinski definition) is 3. The highest BCUT2D eigenvalue weighted by Gasteiger charge is 2.09. The monoisotopic (exact) mass is 255 g/mol. The van der Waals surface area contributed by atoms with Crippen molar-refractivity contribution in [2.45, 2.75) is 19.4 Å². The molecule has 4 N–H and O–H groups in total. The Bertz CT molecular complexity index is 371. The molecule has 8 nitrogen and oxygen atoms in total. The zero-order chi connectivity index (χ0) is 13.5. The standard InChI is InChI=1S/C10H21N7O/c1-7(5-6-18-4)12-8-13-9(16-11)15-10(14-8)17(2)3/h7H,5-6,11H2,1-4H3,(H2,12,13,14,15,16). The fourth-order valence-corrected chi connectivity index (χ4v) is 1.28. The van der Waals surface area contributed by atoms with Gasteiger partial charge in [0.1, 0.15) is 0 Å². The number of nitrogens with one attached hydrogen (secondary N) is 2. The minimum Gasteiger partial charge on any atom is -0.385 e. The summed E-state index contributed by atoms with van der Waals surface area (Å²) in [6.45, 7) is 2.72. The summed E-state index contributed by atoms with van der Waals surface area (Å²) in [6, 6.07) is 0.202. The summed E-state index contributed by atoms with van der Waals surface area (Å²) in [6.07, 6.45) is 0.866. The van der Waals surface area contributed by atoms with E-state index in [0.29, 0.717) is 24.5 Å². The molecule has 0 aliphatic carbocycles. The van der Waals surface area contributed by atoms with Crippen LogP contribution in [0.25, 0.3) is 0 Å². The van der Waals surface area contributed by atoms with E-state index in [1.54, 1.807) is 12.0 Å². The Hall–Kier alpha value is -1.67. The maximum absolute atomic E-state index is 5.33. The maximum Gasteiger partial charge on any atom is 0.243 e. The van der Waals surface area contributed by atoms with Crippen molar-refractivity contribution in [2.75, 3.05) is 43.5 Å². The molecule has 1 unspecified atom stereocenters. The first-order chi connectivity index (χ1) is 8.56. The van der Waals surface area contributed by atoms with Gasteiger partial charge in [-0.05, 0) is 13.3 Å². The van der Waals surface area contributed by atoms with Crippen LogP contribution in [-0.4, -0.2) is 48.8 Å². The number of aromatic nitrogens is 3. The van der Waals surface area contributed by atoms with E-state index in [4.69, 9.17) is 10.6 Å². The van der Waals surface area contributed by atoms with E-state index in [-0.39, 0.29) is 6.04 Å². The van der Waals surface area contributed by atoms with Crippen LogP contribution in [0.4, 0.5) is 17.8 Å². The van der Waals surface area contributed by atoms with Crippen LogP contribution < -0.4 is 21.5 Å². The van der Waals surface area contributed by atoms with Crippen LogP contribution in [0.1, 0.15) is 13.3 Å². The number of nitrogen functional groups attached to an aromatic ring is 1. The van der Waals surface area contributed by atoms with Crippen molar-refractivity contribution >= 4 is 17.8 Å². The predicted octanol–water partition coefficient (Wildman–Crippen LogP) is 0.0601. The van der Waals surface area contributed by atoms with Gasteiger partial charge in [-0.3, -0.25) is 5.43 Å². The molecule has 0 aliphatic heterocycles. The molecule has 0 amide bonds. The number of hydrogen-bond acceptors (Lipinski definition) is 8. The second kappa shape index (κ2) is 6.92.